The zero-order valence-corrected chi connectivity index (χ0v) is 55.9. The molecule has 8 bridgehead atoms. The molecule has 0 saturated carbocycles. The molecule has 0 radical (unpaired) electrons. The standard InChI is InChI=1S/C81H84N4.Zn/c1-11-13-15-17-19-21-35-81(36-22-20-18-16-14-12-2)67-48-51(3)23-25-65(67)66-26-24-59(50-68(66)81)60-40-58(10)47-64(49-60)80-75-33-31-73(84-75)78(62-43-54(6)38-55(7)44-62)71-29-27-69(82-71)77(61-41-52(4)37-53(5)42-61)70-28-30-72(83-70)79(74-32-34-76(80)85-74)63-45-56(8)39-57(9)46-63;/h23-34,37-50H,11-22,35-36H2,1-10H3;/q-2;+2. The zero-order valence-electron chi connectivity index (χ0n) is 52.9. The molecule has 0 saturated heterocycles. The topological polar surface area (TPSA) is 54.0 Å². The summed E-state index contributed by atoms with van der Waals surface area (Å²) in [6, 6.07) is 51.1. The Balaban J connectivity index is 0.00000768. The number of hydrogen-bond acceptors (Lipinski definition) is 2. The SMILES string of the molecule is CCCCCCCCC1(CCCCCCCC)c2cc(C)ccc2-c2ccc(-c3cc(C)cc(-c4c5nc(c(-c6cc(C)cc(C)c6)c6ccc([n-]6)c(-c6cc(C)cc(C)c6)c6nc(c(-c7cc(C)cc(C)c7)c7ccc4[n-]7)C=C6)C=C5)c3)cc21.[Zn+2]. The smallest absolute Gasteiger partial charge is 0.657 e. The Morgan fingerprint density at radius 1 is 0.302 bits per heavy atom. The average molecular weight is 1180 g/mol. The molecule has 5 heteroatoms. The van der Waals surface area contributed by atoms with Crippen molar-refractivity contribution in [2.24, 2.45) is 0 Å². The third-order valence-corrected chi connectivity index (χ3v) is 18.3. The Bertz CT molecular complexity index is 4140. The van der Waals surface area contributed by atoms with Gasteiger partial charge in [-0.05, 0) is 188 Å². The van der Waals surface area contributed by atoms with Gasteiger partial charge < -0.3 is 9.97 Å². The van der Waals surface area contributed by atoms with Gasteiger partial charge in [-0.2, -0.15) is 0 Å². The van der Waals surface area contributed by atoms with Crippen LogP contribution in [0, 0.1) is 55.4 Å². The molecule has 12 rings (SSSR count). The molecule has 1 aliphatic carbocycles. The van der Waals surface area contributed by atoms with Crippen molar-refractivity contribution in [1.29, 1.82) is 0 Å². The van der Waals surface area contributed by atoms with E-state index in [0.29, 0.717) is 0 Å². The van der Waals surface area contributed by atoms with Crippen LogP contribution in [0.3, 0.4) is 0 Å². The Hall–Kier alpha value is -7.46. The third kappa shape index (κ3) is 12.3. The first-order chi connectivity index (χ1) is 41.2. The molecule has 6 aromatic carbocycles. The number of rotatable bonds is 19. The van der Waals surface area contributed by atoms with Crippen molar-refractivity contribution < 1.29 is 19.5 Å². The first-order valence-electron chi connectivity index (χ1n) is 32.0. The van der Waals surface area contributed by atoms with Gasteiger partial charge in [0.25, 0.3) is 0 Å². The van der Waals surface area contributed by atoms with Crippen LogP contribution in [0.4, 0.5) is 0 Å². The van der Waals surface area contributed by atoms with Gasteiger partial charge in [0.05, 0.1) is 22.8 Å². The molecule has 430 valence electrons. The van der Waals surface area contributed by atoms with Crippen molar-refractivity contribution in [3.63, 3.8) is 0 Å². The van der Waals surface area contributed by atoms with E-state index in [1.807, 2.05) is 0 Å². The summed E-state index contributed by atoms with van der Waals surface area (Å²) in [7, 11) is 0. The van der Waals surface area contributed by atoms with Crippen molar-refractivity contribution >= 4 is 46.4 Å². The van der Waals surface area contributed by atoms with E-state index < -0.39 is 0 Å². The van der Waals surface area contributed by atoms with E-state index in [2.05, 4.69) is 227 Å². The van der Waals surface area contributed by atoms with E-state index in [1.165, 1.54) is 162 Å². The minimum Gasteiger partial charge on any atom is -0.657 e. The quantitative estimate of drug-likeness (QED) is 0.0598. The fourth-order valence-electron chi connectivity index (χ4n) is 14.6. The molecule has 0 atom stereocenters. The predicted molar refractivity (Wildman–Crippen MR) is 364 cm³/mol. The van der Waals surface area contributed by atoms with Gasteiger partial charge in [0, 0.05) is 5.41 Å². The molecule has 5 heterocycles. The molecule has 0 amide bonds. The molecule has 0 fully saturated rings. The van der Waals surface area contributed by atoms with E-state index in [0.717, 1.165) is 89.4 Å². The van der Waals surface area contributed by atoms with Crippen LogP contribution in [0.2, 0.25) is 0 Å². The second-order valence-corrected chi connectivity index (χ2v) is 25.5. The molecule has 2 aliphatic heterocycles. The molecule has 0 N–H and O–H groups in total. The Labute approximate surface area is 525 Å². The van der Waals surface area contributed by atoms with Gasteiger partial charge in [-0.25, -0.2) is 9.97 Å². The van der Waals surface area contributed by atoms with E-state index >= 15 is 0 Å². The normalized spacial score (nSPS) is 12.9. The predicted octanol–water partition coefficient (Wildman–Crippen LogP) is 22.5. The van der Waals surface area contributed by atoms with Crippen LogP contribution in [0.5, 0.6) is 0 Å². The van der Waals surface area contributed by atoms with Crippen LogP contribution in [0.15, 0.2) is 133 Å². The average Bonchev–Trinajstić information content (AvgIpc) is 1.62. The summed E-state index contributed by atoms with van der Waals surface area (Å²) < 4.78 is 0. The van der Waals surface area contributed by atoms with Gasteiger partial charge in [0.1, 0.15) is 0 Å². The Kier molecular flexibility index (Phi) is 18.1. The van der Waals surface area contributed by atoms with Crippen molar-refractivity contribution in [2.75, 3.05) is 0 Å². The molecule has 0 unspecified atom stereocenters. The van der Waals surface area contributed by atoms with Gasteiger partial charge in [-0.3, -0.25) is 0 Å². The number of aromatic nitrogens is 4. The van der Waals surface area contributed by atoms with E-state index in [-0.39, 0.29) is 24.9 Å². The molecule has 9 aromatic rings. The van der Waals surface area contributed by atoms with Crippen molar-refractivity contribution in [3.05, 3.63) is 212 Å². The van der Waals surface area contributed by atoms with Gasteiger partial charge in [-0.1, -0.05) is 251 Å². The van der Waals surface area contributed by atoms with E-state index in [1.54, 1.807) is 5.56 Å². The van der Waals surface area contributed by atoms with Gasteiger partial charge >= 0.3 is 19.5 Å². The second kappa shape index (κ2) is 25.9. The zero-order chi connectivity index (χ0) is 58.9. The molecular weight excluding hydrogens is 1090 g/mol. The summed E-state index contributed by atoms with van der Waals surface area (Å²) in [5, 5.41) is 0. The number of benzene rings is 6. The molecule has 3 aliphatic rings. The maximum absolute atomic E-state index is 5.75. The monoisotopic (exact) mass is 1180 g/mol. The minimum absolute atomic E-state index is 0. The maximum atomic E-state index is 5.75. The van der Waals surface area contributed by atoms with Gasteiger partial charge in [-0.15, -0.1) is 22.1 Å². The molecule has 86 heavy (non-hydrogen) atoms. The van der Waals surface area contributed by atoms with E-state index in [4.69, 9.17) is 19.9 Å². The minimum atomic E-state index is -0.0280. The first kappa shape index (κ1) is 60.2. The van der Waals surface area contributed by atoms with Crippen LogP contribution in [0.1, 0.15) is 182 Å². The molecule has 4 nitrogen and oxygen atoms in total. The molecular formula is C81H84N4Zn. The second-order valence-electron chi connectivity index (χ2n) is 25.5. The summed E-state index contributed by atoms with van der Waals surface area (Å²) in [5.41, 5.74) is 33.4. The van der Waals surface area contributed by atoms with E-state index in [9.17, 15) is 0 Å². The Morgan fingerprint density at radius 2 is 0.628 bits per heavy atom. The molecule has 3 aromatic heterocycles. The summed E-state index contributed by atoms with van der Waals surface area (Å²) in [6.07, 6.45) is 26.7. The summed E-state index contributed by atoms with van der Waals surface area (Å²) in [5.74, 6) is 0. The third-order valence-electron chi connectivity index (χ3n) is 18.3. The summed E-state index contributed by atoms with van der Waals surface area (Å²) in [4.78, 5) is 22.7. The fourth-order valence-corrected chi connectivity index (χ4v) is 14.6. The summed E-state index contributed by atoms with van der Waals surface area (Å²) >= 11 is 0. The maximum Gasteiger partial charge on any atom is 2.00 e. The number of fused-ring (bicyclic) bond motifs is 11. The van der Waals surface area contributed by atoms with Crippen LogP contribution >= 0.6 is 0 Å². The number of unbranched alkanes of at least 4 members (excludes halogenated alkanes) is 10. The van der Waals surface area contributed by atoms with Crippen molar-refractivity contribution in [3.8, 4) is 66.8 Å². The largest absolute Gasteiger partial charge is 2.00 e. The van der Waals surface area contributed by atoms with Crippen molar-refractivity contribution in [1.82, 2.24) is 19.9 Å². The van der Waals surface area contributed by atoms with Crippen molar-refractivity contribution in [2.45, 2.75) is 165 Å². The van der Waals surface area contributed by atoms with Gasteiger partial charge in [0.2, 0.25) is 0 Å². The number of hydrogen-bond donors (Lipinski definition) is 0. The molecule has 0 spiro atoms. The Morgan fingerprint density at radius 3 is 1.02 bits per heavy atom. The van der Waals surface area contributed by atoms with Crippen LogP contribution in [-0.2, 0) is 24.9 Å². The van der Waals surface area contributed by atoms with Crippen LogP contribution < -0.4 is 9.97 Å². The summed E-state index contributed by atoms with van der Waals surface area (Å²) in [6.45, 7) is 22.3. The first-order valence-corrected chi connectivity index (χ1v) is 32.0. The van der Waals surface area contributed by atoms with Crippen LogP contribution in [-0.4, -0.2) is 9.97 Å². The number of nitrogens with zero attached hydrogens (tertiary/aromatic N) is 4. The fraction of sp³-hybridized carbons (Fsp3) is 0.309. The van der Waals surface area contributed by atoms with Gasteiger partial charge in [0.15, 0.2) is 0 Å². The van der Waals surface area contributed by atoms with Crippen LogP contribution in [0.25, 0.3) is 113 Å². The number of aryl methyl sites for hydroxylation is 8.